The molecule has 0 saturated heterocycles. The van der Waals surface area contributed by atoms with Gasteiger partial charge in [-0.05, 0) is 38.5 Å². The topological polar surface area (TPSA) is 12.0 Å². The minimum atomic E-state index is -1.08. The van der Waals surface area contributed by atoms with Gasteiger partial charge in [-0.3, -0.25) is 0 Å². The van der Waals surface area contributed by atoms with E-state index >= 15 is 0 Å². The minimum Gasteiger partial charge on any atom is -0.309 e. The van der Waals surface area contributed by atoms with E-state index < -0.39 is 6.17 Å². The molecule has 1 rings (SSSR count). The van der Waals surface area contributed by atoms with Gasteiger partial charge in [-0.1, -0.05) is 29.3 Å². The second-order valence-corrected chi connectivity index (χ2v) is 5.59. The van der Waals surface area contributed by atoms with Crippen LogP contribution in [0.5, 0.6) is 0 Å². The van der Waals surface area contributed by atoms with E-state index in [0.717, 1.165) is 0 Å². The largest absolute Gasteiger partial charge is 0.309 e. The number of nitrogens with one attached hydrogen (secondary N) is 1. The summed E-state index contributed by atoms with van der Waals surface area (Å²) in [4.78, 5) is 0. The first kappa shape index (κ1) is 13.8. The molecule has 0 aliphatic rings. The lowest BCUT2D eigenvalue weighted by Crippen LogP contribution is -2.37. The summed E-state index contributed by atoms with van der Waals surface area (Å²) < 4.78 is 13.8. The zero-order chi connectivity index (χ0) is 12.3. The van der Waals surface area contributed by atoms with Crippen LogP contribution in [0.4, 0.5) is 4.39 Å². The molecule has 0 saturated carbocycles. The first-order valence-electron chi connectivity index (χ1n) is 5.13. The lowest BCUT2D eigenvalue weighted by Gasteiger charge is -2.22. The molecule has 90 valence electrons. The second kappa shape index (κ2) is 5.35. The average Bonchev–Trinajstić information content (AvgIpc) is 2.17. The Balaban J connectivity index is 2.66. The average molecular weight is 264 g/mol. The van der Waals surface area contributed by atoms with Gasteiger partial charge in [0.25, 0.3) is 0 Å². The van der Waals surface area contributed by atoms with Crippen LogP contribution < -0.4 is 5.32 Å². The lowest BCUT2D eigenvalue weighted by molar-refractivity contribution is 0.291. The summed E-state index contributed by atoms with van der Waals surface area (Å²) in [6.07, 6.45) is -1.08. The van der Waals surface area contributed by atoms with Crippen molar-refractivity contribution >= 4 is 23.2 Å². The van der Waals surface area contributed by atoms with Crippen molar-refractivity contribution in [2.24, 2.45) is 0 Å². The highest BCUT2D eigenvalue weighted by molar-refractivity contribution is 6.42. The van der Waals surface area contributed by atoms with Gasteiger partial charge in [0, 0.05) is 12.1 Å². The number of hydrogen-bond donors (Lipinski definition) is 1. The summed E-state index contributed by atoms with van der Waals surface area (Å²) in [5.74, 6) is 0. The number of halogens is 3. The predicted octanol–water partition coefficient (Wildman–Crippen LogP) is 4.39. The van der Waals surface area contributed by atoms with Crippen LogP contribution in [-0.4, -0.2) is 12.1 Å². The Morgan fingerprint density at radius 2 is 1.88 bits per heavy atom. The summed E-state index contributed by atoms with van der Waals surface area (Å²) in [5, 5.41) is 3.94. The molecular weight excluding hydrogens is 248 g/mol. The number of rotatable bonds is 3. The van der Waals surface area contributed by atoms with E-state index in [9.17, 15) is 4.39 Å². The van der Waals surface area contributed by atoms with Crippen molar-refractivity contribution in [1.29, 1.82) is 0 Å². The summed E-state index contributed by atoms with van der Waals surface area (Å²) >= 11 is 11.6. The third kappa shape index (κ3) is 4.28. The zero-order valence-electron chi connectivity index (χ0n) is 9.65. The van der Waals surface area contributed by atoms with Crippen molar-refractivity contribution in [3.05, 3.63) is 33.8 Å². The third-order valence-corrected chi connectivity index (χ3v) is 2.86. The first-order valence-corrected chi connectivity index (χ1v) is 5.89. The molecule has 1 nitrogen and oxygen atoms in total. The Hall–Kier alpha value is -0.310. The Kier molecular flexibility index (Phi) is 4.60. The van der Waals surface area contributed by atoms with E-state index in [1.165, 1.54) is 0 Å². The quantitative estimate of drug-likeness (QED) is 0.853. The SMILES string of the molecule is CC(C)(C)NCC(F)c1ccc(Cl)c(Cl)c1. The van der Waals surface area contributed by atoms with Gasteiger partial charge < -0.3 is 5.32 Å². The van der Waals surface area contributed by atoms with E-state index in [1.807, 2.05) is 20.8 Å². The van der Waals surface area contributed by atoms with Crippen LogP contribution in [0, 0.1) is 0 Å². The molecule has 0 aliphatic carbocycles. The highest BCUT2D eigenvalue weighted by Gasteiger charge is 2.15. The maximum Gasteiger partial charge on any atom is 0.138 e. The molecule has 1 aromatic rings. The molecule has 0 spiro atoms. The molecule has 1 unspecified atom stereocenters. The van der Waals surface area contributed by atoms with E-state index in [4.69, 9.17) is 23.2 Å². The Morgan fingerprint density at radius 3 is 2.38 bits per heavy atom. The van der Waals surface area contributed by atoms with Gasteiger partial charge in [0.1, 0.15) is 6.17 Å². The summed E-state index contributed by atoms with van der Waals surface area (Å²) in [6, 6.07) is 4.84. The van der Waals surface area contributed by atoms with Crippen LogP contribution in [0.15, 0.2) is 18.2 Å². The van der Waals surface area contributed by atoms with Gasteiger partial charge in [0.2, 0.25) is 0 Å². The summed E-state index contributed by atoms with van der Waals surface area (Å²) in [5.41, 5.74) is 0.451. The maximum atomic E-state index is 13.8. The van der Waals surface area contributed by atoms with Gasteiger partial charge in [-0.25, -0.2) is 4.39 Å². The van der Waals surface area contributed by atoms with Gasteiger partial charge in [0.15, 0.2) is 0 Å². The summed E-state index contributed by atoms with van der Waals surface area (Å²) in [6.45, 7) is 6.25. The number of hydrogen-bond acceptors (Lipinski definition) is 1. The molecule has 1 N–H and O–H groups in total. The molecule has 16 heavy (non-hydrogen) atoms. The Morgan fingerprint density at radius 1 is 1.25 bits per heavy atom. The van der Waals surface area contributed by atoms with Crippen molar-refractivity contribution in [3.63, 3.8) is 0 Å². The van der Waals surface area contributed by atoms with E-state index in [-0.39, 0.29) is 12.1 Å². The fourth-order valence-corrected chi connectivity index (χ4v) is 1.53. The second-order valence-electron chi connectivity index (χ2n) is 4.77. The van der Waals surface area contributed by atoms with Crippen molar-refractivity contribution < 1.29 is 4.39 Å². The fourth-order valence-electron chi connectivity index (χ4n) is 1.22. The van der Waals surface area contributed by atoms with Crippen LogP contribution in [0.3, 0.4) is 0 Å². The first-order chi connectivity index (χ1) is 7.29. The molecule has 0 aliphatic heterocycles. The predicted molar refractivity (Wildman–Crippen MR) is 68.1 cm³/mol. The Bertz CT molecular complexity index is 361. The van der Waals surface area contributed by atoms with Crippen molar-refractivity contribution in [3.8, 4) is 0 Å². The molecule has 0 radical (unpaired) electrons. The molecule has 1 atom stereocenters. The minimum absolute atomic E-state index is 0.0967. The molecule has 0 aromatic heterocycles. The smallest absolute Gasteiger partial charge is 0.138 e. The van der Waals surface area contributed by atoms with E-state index in [0.29, 0.717) is 15.6 Å². The maximum absolute atomic E-state index is 13.8. The van der Waals surface area contributed by atoms with Crippen LogP contribution >= 0.6 is 23.2 Å². The van der Waals surface area contributed by atoms with Crippen LogP contribution in [0.2, 0.25) is 10.0 Å². The summed E-state index contributed by atoms with van der Waals surface area (Å²) in [7, 11) is 0. The normalized spacial score (nSPS) is 13.9. The molecule has 0 fully saturated rings. The molecule has 0 amide bonds. The number of benzene rings is 1. The lowest BCUT2D eigenvalue weighted by atomic mass is 10.1. The van der Waals surface area contributed by atoms with Crippen LogP contribution in [0.1, 0.15) is 32.5 Å². The molecule has 0 bridgehead atoms. The van der Waals surface area contributed by atoms with Crippen LogP contribution in [0.25, 0.3) is 0 Å². The zero-order valence-corrected chi connectivity index (χ0v) is 11.2. The van der Waals surface area contributed by atoms with E-state index in [2.05, 4.69) is 5.32 Å². The fraction of sp³-hybridized carbons (Fsp3) is 0.500. The van der Waals surface area contributed by atoms with Crippen LogP contribution in [-0.2, 0) is 0 Å². The molecule has 1 aromatic carbocycles. The van der Waals surface area contributed by atoms with Gasteiger partial charge >= 0.3 is 0 Å². The monoisotopic (exact) mass is 263 g/mol. The standard InChI is InChI=1S/C12H16Cl2FN/c1-12(2,3)16-7-11(15)8-4-5-9(13)10(14)6-8/h4-6,11,16H,7H2,1-3H3. The van der Waals surface area contributed by atoms with Crippen molar-refractivity contribution in [2.75, 3.05) is 6.54 Å². The molecule has 4 heteroatoms. The van der Waals surface area contributed by atoms with Gasteiger partial charge in [0.05, 0.1) is 10.0 Å². The van der Waals surface area contributed by atoms with E-state index in [1.54, 1.807) is 18.2 Å². The highest BCUT2D eigenvalue weighted by atomic mass is 35.5. The van der Waals surface area contributed by atoms with Crippen molar-refractivity contribution in [2.45, 2.75) is 32.5 Å². The Labute approximate surface area is 106 Å². The molecule has 0 heterocycles. The molecular formula is C12H16Cl2FN. The van der Waals surface area contributed by atoms with Gasteiger partial charge in [-0.2, -0.15) is 0 Å². The van der Waals surface area contributed by atoms with Gasteiger partial charge in [-0.15, -0.1) is 0 Å². The highest BCUT2D eigenvalue weighted by Crippen LogP contribution is 2.27. The third-order valence-electron chi connectivity index (χ3n) is 2.12. The van der Waals surface area contributed by atoms with Crippen molar-refractivity contribution in [1.82, 2.24) is 5.32 Å². The number of alkyl halides is 1.